The second-order valence-corrected chi connectivity index (χ2v) is 3.45. The monoisotopic (exact) mass is 187 g/mol. The first-order chi connectivity index (χ1) is 6.74. The number of hydrogen-bond acceptors (Lipinski definition) is 2. The predicted octanol–water partition coefficient (Wildman–Crippen LogP) is 2.86. The number of para-hydroxylation sites is 1. The van der Waals surface area contributed by atoms with Crippen molar-refractivity contribution < 1.29 is 4.74 Å². The highest BCUT2D eigenvalue weighted by molar-refractivity contribution is 5.88. The van der Waals surface area contributed by atoms with E-state index in [1.54, 1.807) is 7.11 Å². The quantitative estimate of drug-likeness (QED) is 0.684. The largest absolute Gasteiger partial charge is 0.496 e. The number of ether oxygens (including phenoxy) is 1. The lowest BCUT2D eigenvalue weighted by Crippen LogP contribution is -1.92. The number of aromatic nitrogens is 1. The van der Waals surface area contributed by atoms with Crippen LogP contribution >= 0.6 is 0 Å². The summed E-state index contributed by atoms with van der Waals surface area (Å²) in [4.78, 5) is 4.41. The molecule has 0 N–H and O–H groups in total. The molecule has 2 aromatic rings. The van der Waals surface area contributed by atoms with Gasteiger partial charge in [0.05, 0.1) is 12.6 Å². The highest BCUT2D eigenvalue weighted by atomic mass is 16.5. The SMILES string of the molecule is COc1c(C)cnc2c(C)cccc12. The molecule has 0 radical (unpaired) electrons. The first-order valence-electron chi connectivity index (χ1n) is 4.63. The molecule has 1 aromatic heterocycles. The minimum atomic E-state index is 0.929. The Morgan fingerprint density at radius 3 is 2.64 bits per heavy atom. The molecule has 72 valence electrons. The maximum Gasteiger partial charge on any atom is 0.132 e. The van der Waals surface area contributed by atoms with E-state index in [1.807, 2.05) is 25.3 Å². The van der Waals surface area contributed by atoms with Gasteiger partial charge in [-0.25, -0.2) is 0 Å². The molecule has 0 amide bonds. The second-order valence-electron chi connectivity index (χ2n) is 3.45. The molecule has 0 spiro atoms. The lowest BCUT2D eigenvalue weighted by atomic mass is 10.1. The van der Waals surface area contributed by atoms with Crippen molar-refractivity contribution in [2.45, 2.75) is 13.8 Å². The third kappa shape index (κ3) is 1.23. The number of aryl methyl sites for hydroxylation is 2. The van der Waals surface area contributed by atoms with Crippen LogP contribution in [-0.2, 0) is 0 Å². The zero-order valence-corrected chi connectivity index (χ0v) is 8.66. The van der Waals surface area contributed by atoms with E-state index in [9.17, 15) is 0 Å². The third-order valence-electron chi connectivity index (χ3n) is 2.43. The highest BCUT2D eigenvalue weighted by Crippen LogP contribution is 2.28. The summed E-state index contributed by atoms with van der Waals surface area (Å²) in [5, 5.41) is 1.09. The summed E-state index contributed by atoms with van der Waals surface area (Å²) in [5.41, 5.74) is 3.28. The molecule has 0 aliphatic carbocycles. The molecule has 0 bridgehead atoms. The topological polar surface area (TPSA) is 22.1 Å². The average molecular weight is 187 g/mol. The molecule has 1 aromatic carbocycles. The second kappa shape index (κ2) is 3.29. The van der Waals surface area contributed by atoms with Gasteiger partial charge in [0, 0.05) is 17.1 Å². The molecule has 2 heteroatoms. The number of rotatable bonds is 1. The van der Waals surface area contributed by atoms with Gasteiger partial charge < -0.3 is 4.74 Å². The van der Waals surface area contributed by atoms with E-state index in [0.717, 1.165) is 22.2 Å². The van der Waals surface area contributed by atoms with Gasteiger partial charge in [0.2, 0.25) is 0 Å². The predicted molar refractivity (Wildman–Crippen MR) is 57.8 cm³/mol. The number of pyridine rings is 1. The summed E-state index contributed by atoms with van der Waals surface area (Å²) in [7, 11) is 1.70. The Morgan fingerprint density at radius 2 is 1.93 bits per heavy atom. The Hall–Kier alpha value is -1.57. The number of methoxy groups -OCH3 is 1. The molecule has 0 aliphatic rings. The van der Waals surface area contributed by atoms with Crippen molar-refractivity contribution in [1.29, 1.82) is 0 Å². The van der Waals surface area contributed by atoms with E-state index in [-0.39, 0.29) is 0 Å². The van der Waals surface area contributed by atoms with E-state index < -0.39 is 0 Å². The van der Waals surface area contributed by atoms with Crippen LogP contribution in [0, 0.1) is 13.8 Å². The van der Waals surface area contributed by atoms with Crippen LogP contribution in [0.4, 0.5) is 0 Å². The number of nitrogens with zero attached hydrogens (tertiary/aromatic N) is 1. The van der Waals surface area contributed by atoms with Crippen molar-refractivity contribution in [1.82, 2.24) is 4.98 Å². The Labute approximate surface area is 83.5 Å². The summed E-state index contributed by atoms with van der Waals surface area (Å²) < 4.78 is 5.37. The van der Waals surface area contributed by atoms with Crippen LogP contribution in [0.1, 0.15) is 11.1 Å². The maximum atomic E-state index is 5.37. The summed E-state index contributed by atoms with van der Waals surface area (Å²) in [6.45, 7) is 4.07. The zero-order chi connectivity index (χ0) is 10.1. The highest BCUT2D eigenvalue weighted by Gasteiger charge is 2.06. The van der Waals surface area contributed by atoms with Gasteiger partial charge in [-0.2, -0.15) is 0 Å². The van der Waals surface area contributed by atoms with Crippen molar-refractivity contribution in [3.05, 3.63) is 35.5 Å². The molecule has 0 saturated carbocycles. The average Bonchev–Trinajstić information content (AvgIpc) is 2.18. The van der Waals surface area contributed by atoms with Gasteiger partial charge in [0.1, 0.15) is 5.75 Å². The number of hydrogen-bond donors (Lipinski definition) is 0. The summed E-state index contributed by atoms with van der Waals surface area (Å²) in [6, 6.07) is 6.13. The fourth-order valence-corrected chi connectivity index (χ4v) is 1.72. The number of fused-ring (bicyclic) bond motifs is 1. The first-order valence-corrected chi connectivity index (χ1v) is 4.63. The van der Waals surface area contributed by atoms with Crippen LogP contribution in [0.5, 0.6) is 5.75 Å². The standard InChI is InChI=1S/C12H13NO/c1-8-5-4-6-10-11(8)13-7-9(2)12(10)14-3/h4-7H,1-3H3. The molecule has 0 atom stereocenters. The van der Waals surface area contributed by atoms with Crippen molar-refractivity contribution in [2.24, 2.45) is 0 Å². The van der Waals surface area contributed by atoms with Crippen LogP contribution in [0.15, 0.2) is 24.4 Å². The van der Waals surface area contributed by atoms with Gasteiger partial charge in [0.15, 0.2) is 0 Å². The molecular weight excluding hydrogens is 174 g/mol. The van der Waals surface area contributed by atoms with E-state index in [1.165, 1.54) is 5.56 Å². The Balaban J connectivity index is 2.88. The molecule has 0 saturated heterocycles. The van der Waals surface area contributed by atoms with E-state index >= 15 is 0 Å². The van der Waals surface area contributed by atoms with Gasteiger partial charge in [-0.3, -0.25) is 4.98 Å². The van der Waals surface area contributed by atoms with Crippen LogP contribution in [0.2, 0.25) is 0 Å². The minimum absolute atomic E-state index is 0.929. The molecule has 0 unspecified atom stereocenters. The number of benzene rings is 1. The Kier molecular flexibility index (Phi) is 2.12. The van der Waals surface area contributed by atoms with Gasteiger partial charge in [-0.05, 0) is 25.5 Å². The normalized spacial score (nSPS) is 10.5. The zero-order valence-electron chi connectivity index (χ0n) is 8.66. The molecule has 1 heterocycles. The van der Waals surface area contributed by atoms with Crippen LogP contribution < -0.4 is 4.74 Å². The fraction of sp³-hybridized carbons (Fsp3) is 0.250. The van der Waals surface area contributed by atoms with Crippen LogP contribution in [-0.4, -0.2) is 12.1 Å². The molecule has 0 aliphatic heterocycles. The van der Waals surface area contributed by atoms with E-state index in [0.29, 0.717) is 0 Å². The van der Waals surface area contributed by atoms with Crippen molar-refractivity contribution in [3.63, 3.8) is 0 Å². The van der Waals surface area contributed by atoms with Crippen LogP contribution in [0.25, 0.3) is 10.9 Å². The third-order valence-corrected chi connectivity index (χ3v) is 2.43. The van der Waals surface area contributed by atoms with Gasteiger partial charge in [-0.1, -0.05) is 12.1 Å². The molecule has 0 fully saturated rings. The summed E-state index contributed by atoms with van der Waals surface area (Å²) in [5.74, 6) is 0.929. The Morgan fingerprint density at radius 1 is 1.14 bits per heavy atom. The van der Waals surface area contributed by atoms with Crippen molar-refractivity contribution in [3.8, 4) is 5.75 Å². The van der Waals surface area contributed by atoms with Crippen LogP contribution in [0.3, 0.4) is 0 Å². The lowest BCUT2D eigenvalue weighted by Gasteiger charge is -2.09. The summed E-state index contributed by atoms with van der Waals surface area (Å²) >= 11 is 0. The van der Waals surface area contributed by atoms with Gasteiger partial charge in [0.25, 0.3) is 0 Å². The summed E-state index contributed by atoms with van der Waals surface area (Å²) in [6.07, 6.45) is 1.86. The minimum Gasteiger partial charge on any atom is -0.496 e. The first kappa shape index (κ1) is 9.00. The van der Waals surface area contributed by atoms with Gasteiger partial charge in [-0.15, -0.1) is 0 Å². The van der Waals surface area contributed by atoms with E-state index in [4.69, 9.17) is 4.74 Å². The molecule has 2 nitrogen and oxygen atoms in total. The smallest absolute Gasteiger partial charge is 0.132 e. The van der Waals surface area contributed by atoms with Gasteiger partial charge >= 0.3 is 0 Å². The molecule has 14 heavy (non-hydrogen) atoms. The van der Waals surface area contributed by atoms with E-state index in [2.05, 4.69) is 18.0 Å². The van der Waals surface area contributed by atoms with Crippen molar-refractivity contribution >= 4 is 10.9 Å². The fourth-order valence-electron chi connectivity index (χ4n) is 1.72. The van der Waals surface area contributed by atoms with Crippen molar-refractivity contribution in [2.75, 3.05) is 7.11 Å². The Bertz CT molecular complexity index is 477. The lowest BCUT2D eigenvalue weighted by molar-refractivity contribution is 0.416. The molecule has 2 rings (SSSR count). The molecular formula is C12H13NO. The maximum absolute atomic E-state index is 5.37.